The van der Waals surface area contributed by atoms with Gasteiger partial charge in [-0.3, -0.25) is 4.68 Å². The summed E-state index contributed by atoms with van der Waals surface area (Å²) in [6.45, 7) is 2.73. The second-order valence-electron chi connectivity index (χ2n) is 3.44. The summed E-state index contributed by atoms with van der Waals surface area (Å²) in [7, 11) is -1.75. The number of nitrogens with zero attached hydrogens (tertiary/aromatic N) is 3. The number of aryl methyl sites for hydroxylation is 1. The Morgan fingerprint density at radius 1 is 1.50 bits per heavy atom. The monoisotopic (exact) mass is 265 g/mol. The SMILES string of the molecule is CCCN(CCCl)S(=O)(=O)c1cnn(C)c1. The van der Waals surface area contributed by atoms with Gasteiger partial charge in [0.15, 0.2) is 0 Å². The minimum Gasteiger partial charge on any atom is -0.274 e. The van der Waals surface area contributed by atoms with Crippen molar-refractivity contribution in [2.75, 3.05) is 19.0 Å². The lowest BCUT2D eigenvalue weighted by Crippen LogP contribution is -2.33. The maximum Gasteiger partial charge on any atom is 0.246 e. The van der Waals surface area contributed by atoms with Crippen LogP contribution in [-0.2, 0) is 17.1 Å². The molecule has 0 unspecified atom stereocenters. The third kappa shape index (κ3) is 2.96. The Kier molecular flexibility index (Phi) is 4.76. The Bertz CT molecular complexity index is 424. The van der Waals surface area contributed by atoms with Crippen LogP contribution in [0.25, 0.3) is 0 Å². The van der Waals surface area contributed by atoms with E-state index in [0.717, 1.165) is 6.42 Å². The van der Waals surface area contributed by atoms with Crippen molar-refractivity contribution in [1.82, 2.24) is 14.1 Å². The van der Waals surface area contributed by atoms with Crippen LogP contribution in [0.5, 0.6) is 0 Å². The van der Waals surface area contributed by atoms with Gasteiger partial charge in [-0.1, -0.05) is 6.92 Å². The average Bonchev–Trinajstić information content (AvgIpc) is 2.65. The third-order valence-corrected chi connectivity index (χ3v) is 4.15. The van der Waals surface area contributed by atoms with E-state index in [1.165, 1.54) is 21.4 Å². The molecule has 0 saturated heterocycles. The predicted octanol–water partition coefficient (Wildman–Crippen LogP) is 1.06. The van der Waals surface area contributed by atoms with Crippen LogP contribution in [0, 0.1) is 0 Å². The molecule has 0 aliphatic rings. The van der Waals surface area contributed by atoms with Crippen molar-refractivity contribution >= 4 is 21.6 Å². The van der Waals surface area contributed by atoms with Crippen LogP contribution in [0.1, 0.15) is 13.3 Å². The van der Waals surface area contributed by atoms with E-state index in [4.69, 9.17) is 11.6 Å². The molecule has 0 aliphatic heterocycles. The highest BCUT2D eigenvalue weighted by Gasteiger charge is 2.24. The van der Waals surface area contributed by atoms with Gasteiger partial charge in [0.05, 0.1) is 6.20 Å². The molecule has 0 spiro atoms. The van der Waals surface area contributed by atoms with Gasteiger partial charge in [0.2, 0.25) is 10.0 Å². The van der Waals surface area contributed by atoms with Crippen molar-refractivity contribution in [3.63, 3.8) is 0 Å². The summed E-state index contributed by atoms with van der Waals surface area (Å²) in [6.07, 6.45) is 3.61. The fourth-order valence-corrected chi connectivity index (χ4v) is 3.20. The van der Waals surface area contributed by atoms with E-state index in [1.54, 1.807) is 7.05 Å². The van der Waals surface area contributed by atoms with Crippen LogP contribution in [0.15, 0.2) is 17.3 Å². The lowest BCUT2D eigenvalue weighted by Gasteiger charge is -2.19. The molecule has 92 valence electrons. The minimum atomic E-state index is -3.44. The summed E-state index contributed by atoms with van der Waals surface area (Å²) in [5.74, 6) is 0.291. The van der Waals surface area contributed by atoms with Crippen LogP contribution in [0.2, 0.25) is 0 Å². The number of halogens is 1. The van der Waals surface area contributed by atoms with Crippen LogP contribution >= 0.6 is 11.6 Å². The first kappa shape index (κ1) is 13.5. The Hall–Kier alpha value is -0.590. The number of rotatable bonds is 6. The second-order valence-corrected chi connectivity index (χ2v) is 5.76. The zero-order chi connectivity index (χ0) is 12.2. The molecule has 7 heteroatoms. The minimum absolute atomic E-state index is 0.216. The van der Waals surface area contributed by atoms with E-state index in [1.807, 2.05) is 6.92 Å². The molecule has 0 bridgehead atoms. The standard InChI is InChI=1S/C9H16ClN3O2S/c1-3-5-13(6-4-10)16(14,15)9-7-11-12(2)8-9/h7-8H,3-6H2,1-2H3. The summed E-state index contributed by atoms with van der Waals surface area (Å²) in [4.78, 5) is 0.216. The number of hydrogen-bond acceptors (Lipinski definition) is 3. The number of sulfonamides is 1. The van der Waals surface area contributed by atoms with Gasteiger partial charge in [-0.15, -0.1) is 11.6 Å². The second kappa shape index (κ2) is 5.65. The molecule has 1 heterocycles. The molecule has 1 aromatic rings. The summed E-state index contributed by atoms with van der Waals surface area (Å²) >= 11 is 5.60. The molecule has 16 heavy (non-hydrogen) atoms. The van der Waals surface area contributed by atoms with E-state index in [2.05, 4.69) is 5.10 Å². The van der Waals surface area contributed by atoms with Gasteiger partial charge in [-0.2, -0.15) is 9.40 Å². The first-order valence-electron chi connectivity index (χ1n) is 5.07. The van der Waals surface area contributed by atoms with E-state index in [9.17, 15) is 8.42 Å². The largest absolute Gasteiger partial charge is 0.274 e. The van der Waals surface area contributed by atoms with Gasteiger partial charge in [0.1, 0.15) is 4.90 Å². The number of aromatic nitrogens is 2. The number of hydrogen-bond donors (Lipinski definition) is 0. The Labute approximate surface area is 101 Å². The van der Waals surface area contributed by atoms with Crippen molar-refractivity contribution in [3.8, 4) is 0 Å². The van der Waals surface area contributed by atoms with E-state index in [-0.39, 0.29) is 4.90 Å². The Morgan fingerprint density at radius 2 is 2.19 bits per heavy atom. The van der Waals surface area contributed by atoms with Crippen LogP contribution < -0.4 is 0 Å². The van der Waals surface area contributed by atoms with Gasteiger partial charge in [0, 0.05) is 32.2 Å². The normalized spacial score (nSPS) is 12.2. The van der Waals surface area contributed by atoms with E-state index in [0.29, 0.717) is 19.0 Å². The quantitative estimate of drug-likeness (QED) is 0.723. The molecule has 0 N–H and O–H groups in total. The van der Waals surface area contributed by atoms with E-state index >= 15 is 0 Å². The Morgan fingerprint density at radius 3 is 2.62 bits per heavy atom. The average molecular weight is 266 g/mol. The van der Waals surface area contributed by atoms with Crippen molar-refractivity contribution in [2.24, 2.45) is 7.05 Å². The molecule has 1 aromatic heterocycles. The predicted molar refractivity (Wildman–Crippen MR) is 63.0 cm³/mol. The van der Waals surface area contributed by atoms with Gasteiger partial charge in [-0.05, 0) is 6.42 Å². The van der Waals surface area contributed by atoms with Crippen LogP contribution in [-0.4, -0.2) is 41.5 Å². The van der Waals surface area contributed by atoms with Gasteiger partial charge < -0.3 is 0 Å². The van der Waals surface area contributed by atoms with Crippen molar-refractivity contribution in [2.45, 2.75) is 18.2 Å². The molecule has 0 aliphatic carbocycles. The summed E-state index contributed by atoms with van der Waals surface area (Å²) < 4.78 is 27.1. The zero-order valence-corrected chi connectivity index (χ0v) is 11.0. The molecular formula is C9H16ClN3O2S. The molecule has 0 atom stereocenters. The van der Waals surface area contributed by atoms with Crippen molar-refractivity contribution < 1.29 is 8.42 Å². The summed E-state index contributed by atoms with van der Waals surface area (Å²) in [5, 5.41) is 3.86. The van der Waals surface area contributed by atoms with Gasteiger partial charge >= 0.3 is 0 Å². The smallest absolute Gasteiger partial charge is 0.246 e. The highest BCUT2D eigenvalue weighted by Crippen LogP contribution is 2.14. The first-order valence-corrected chi connectivity index (χ1v) is 7.04. The molecule has 0 radical (unpaired) electrons. The fraction of sp³-hybridized carbons (Fsp3) is 0.667. The highest BCUT2D eigenvalue weighted by atomic mass is 35.5. The van der Waals surface area contributed by atoms with E-state index < -0.39 is 10.0 Å². The highest BCUT2D eigenvalue weighted by molar-refractivity contribution is 7.89. The van der Waals surface area contributed by atoms with Crippen molar-refractivity contribution in [3.05, 3.63) is 12.4 Å². The molecule has 0 saturated carbocycles. The molecule has 0 fully saturated rings. The summed E-state index contributed by atoms with van der Waals surface area (Å²) in [5.41, 5.74) is 0. The first-order chi connectivity index (χ1) is 7.52. The fourth-order valence-electron chi connectivity index (χ4n) is 1.38. The third-order valence-electron chi connectivity index (χ3n) is 2.13. The van der Waals surface area contributed by atoms with Crippen LogP contribution in [0.4, 0.5) is 0 Å². The summed E-state index contributed by atoms with van der Waals surface area (Å²) in [6, 6.07) is 0. The van der Waals surface area contributed by atoms with Gasteiger partial charge in [0.25, 0.3) is 0 Å². The maximum absolute atomic E-state index is 12.1. The maximum atomic E-state index is 12.1. The zero-order valence-electron chi connectivity index (χ0n) is 9.43. The van der Waals surface area contributed by atoms with Crippen molar-refractivity contribution in [1.29, 1.82) is 0 Å². The Balaban J connectivity index is 2.97. The molecule has 5 nitrogen and oxygen atoms in total. The lowest BCUT2D eigenvalue weighted by atomic mass is 10.5. The molecule has 0 amide bonds. The molecular weight excluding hydrogens is 250 g/mol. The topological polar surface area (TPSA) is 55.2 Å². The van der Waals surface area contributed by atoms with Gasteiger partial charge in [-0.25, -0.2) is 8.42 Å². The van der Waals surface area contributed by atoms with Crippen LogP contribution in [0.3, 0.4) is 0 Å². The molecule has 0 aromatic carbocycles. The lowest BCUT2D eigenvalue weighted by molar-refractivity contribution is 0.428. The number of alkyl halides is 1. The molecule has 1 rings (SSSR count).